The minimum atomic E-state index is -1.06. The molecular formula is C18H18N2O5. The van der Waals surface area contributed by atoms with Crippen molar-refractivity contribution in [3.05, 3.63) is 59.7 Å². The zero-order valence-corrected chi connectivity index (χ0v) is 13.6. The first kappa shape index (κ1) is 18.0. The predicted octanol–water partition coefficient (Wildman–Crippen LogP) is 1.99. The van der Waals surface area contributed by atoms with E-state index in [-0.39, 0.29) is 6.61 Å². The van der Waals surface area contributed by atoms with Crippen molar-refractivity contribution in [3.8, 4) is 11.5 Å². The maximum Gasteiger partial charge on any atom is 0.341 e. The van der Waals surface area contributed by atoms with Crippen molar-refractivity contribution in [1.29, 1.82) is 0 Å². The first-order chi connectivity index (χ1) is 12.0. The molecule has 7 nitrogen and oxygen atoms in total. The number of ether oxygens (including phenoxy) is 2. The number of hydrogen-bond acceptors (Lipinski definition) is 5. The van der Waals surface area contributed by atoms with Crippen LogP contribution in [0.4, 0.5) is 0 Å². The molecule has 2 N–H and O–H groups in total. The molecular weight excluding hydrogens is 324 g/mol. The molecule has 0 aliphatic heterocycles. The van der Waals surface area contributed by atoms with Crippen LogP contribution in [-0.2, 0) is 9.59 Å². The normalized spacial score (nSPS) is 10.4. The molecule has 0 unspecified atom stereocenters. The van der Waals surface area contributed by atoms with Gasteiger partial charge in [-0.05, 0) is 36.8 Å². The monoisotopic (exact) mass is 342 g/mol. The number of hydrazone groups is 1. The third kappa shape index (κ3) is 6.74. The molecule has 0 saturated carbocycles. The lowest BCUT2D eigenvalue weighted by Crippen LogP contribution is -2.24. The van der Waals surface area contributed by atoms with E-state index in [4.69, 9.17) is 14.6 Å². The lowest BCUT2D eigenvalue weighted by atomic mass is 10.2. The van der Waals surface area contributed by atoms with Crippen LogP contribution in [-0.4, -0.2) is 36.4 Å². The van der Waals surface area contributed by atoms with Gasteiger partial charge >= 0.3 is 5.97 Å². The van der Waals surface area contributed by atoms with Crippen molar-refractivity contribution in [2.45, 2.75) is 6.92 Å². The van der Waals surface area contributed by atoms with Gasteiger partial charge in [-0.25, -0.2) is 10.2 Å². The second-order valence-corrected chi connectivity index (χ2v) is 5.15. The fourth-order valence-corrected chi connectivity index (χ4v) is 1.82. The van der Waals surface area contributed by atoms with E-state index in [1.54, 1.807) is 36.4 Å². The minimum Gasteiger partial charge on any atom is -0.484 e. The molecule has 0 saturated heterocycles. The molecule has 25 heavy (non-hydrogen) atoms. The molecule has 1 amide bonds. The fraction of sp³-hybridized carbons (Fsp3) is 0.167. The van der Waals surface area contributed by atoms with Gasteiger partial charge < -0.3 is 14.6 Å². The van der Waals surface area contributed by atoms with E-state index in [1.165, 1.54) is 6.21 Å². The molecule has 2 aromatic rings. The molecule has 7 heteroatoms. The number of aliphatic carboxylic acids is 1. The number of carboxylic acids is 1. The van der Waals surface area contributed by atoms with E-state index in [2.05, 4.69) is 10.5 Å². The largest absolute Gasteiger partial charge is 0.484 e. The zero-order chi connectivity index (χ0) is 18.1. The number of amides is 1. The van der Waals surface area contributed by atoms with Crippen LogP contribution >= 0.6 is 0 Å². The summed E-state index contributed by atoms with van der Waals surface area (Å²) in [7, 11) is 0. The number of nitrogens with one attached hydrogen (secondary N) is 1. The van der Waals surface area contributed by atoms with Crippen LogP contribution in [0.1, 0.15) is 11.1 Å². The minimum absolute atomic E-state index is 0.151. The predicted molar refractivity (Wildman–Crippen MR) is 92.0 cm³/mol. The smallest absolute Gasteiger partial charge is 0.341 e. The first-order valence-electron chi connectivity index (χ1n) is 7.49. The van der Waals surface area contributed by atoms with Gasteiger partial charge in [-0.3, -0.25) is 4.79 Å². The summed E-state index contributed by atoms with van der Waals surface area (Å²) in [4.78, 5) is 22.2. The lowest BCUT2D eigenvalue weighted by Gasteiger charge is -2.05. The standard InChI is InChI=1S/C18H18N2O5/c1-13-5-7-15(8-6-13)24-11-17(21)20-19-10-14-3-2-4-16(9-14)25-12-18(22)23/h2-10H,11-12H2,1H3,(H,20,21)(H,22,23)/b19-10-. The van der Waals surface area contributed by atoms with E-state index in [9.17, 15) is 9.59 Å². The van der Waals surface area contributed by atoms with Gasteiger partial charge in [0.05, 0.1) is 6.21 Å². The van der Waals surface area contributed by atoms with Crippen molar-refractivity contribution in [3.63, 3.8) is 0 Å². The Balaban J connectivity index is 1.79. The van der Waals surface area contributed by atoms with Gasteiger partial charge in [0, 0.05) is 0 Å². The number of carboxylic acid groups (broad SMARTS) is 1. The van der Waals surface area contributed by atoms with E-state index >= 15 is 0 Å². The highest BCUT2D eigenvalue weighted by atomic mass is 16.5. The fourth-order valence-electron chi connectivity index (χ4n) is 1.82. The van der Waals surface area contributed by atoms with Crippen LogP contribution in [0.3, 0.4) is 0 Å². The number of nitrogens with zero attached hydrogens (tertiary/aromatic N) is 1. The Kier molecular flexibility index (Phi) is 6.53. The summed E-state index contributed by atoms with van der Waals surface area (Å²) in [6.45, 7) is 1.39. The lowest BCUT2D eigenvalue weighted by molar-refractivity contribution is -0.139. The van der Waals surface area contributed by atoms with Gasteiger partial charge in [-0.1, -0.05) is 29.8 Å². The van der Waals surface area contributed by atoms with Gasteiger partial charge in [0.2, 0.25) is 0 Å². The number of benzene rings is 2. The second kappa shape index (κ2) is 9.07. The quantitative estimate of drug-likeness (QED) is 0.565. The number of aryl methyl sites for hydroxylation is 1. The highest BCUT2D eigenvalue weighted by Crippen LogP contribution is 2.12. The Bertz CT molecular complexity index is 756. The molecule has 0 aromatic heterocycles. The van der Waals surface area contributed by atoms with E-state index < -0.39 is 18.5 Å². The van der Waals surface area contributed by atoms with Crippen LogP contribution in [0.5, 0.6) is 11.5 Å². The SMILES string of the molecule is Cc1ccc(OCC(=O)N/N=C\c2cccc(OCC(=O)O)c2)cc1. The summed E-state index contributed by atoms with van der Waals surface area (Å²) in [6.07, 6.45) is 1.43. The van der Waals surface area contributed by atoms with Crippen molar-refractivity contribution in [2.24, 2.45) is 5.10 Å². The first-order valence-corrected chi connectivity index (χ1v) is 7.49. The summed E-state index contributed by atoms with van der Waals surface area (Å²) in [5.41, 5.74) is 4.12. The van der Waals surface area contributed by atoms with Gasteiger partial charge in [0.1, 0.15) is 11.5 Å². The molecule has 0 bridgehead atoms. The summed E-state index contributed by atoms with van der Waals surface area (Å²) >= 11 is 0. The molecule has 0 aliphatic carbocycles. The maximum absolute atomic E-state index is 11.7. The van der Waals surface area contributed by atoms with E-state index in [0.717, 1.165) is 5.56 Å². The molecule has 0 heterocycles. The van der Waals surface area contributed by atoms with Gasteiger partial charge in [-0.2, -0.15) is 5.10 Å². The second-order valence-electron chi connectivity index (χ2n) is 5.15. The third-order valence-electron chi connectivity index (χ3n) is 3.01. The number of carbonyl (C=O) groups excluding carboxylic acids is 1. The van der Waals surface area contributed by atoms with Crippen molar-refractivity contribution in [1.82, 2.24) is 5.43 Å². The van der Waals surface area contributed by atoms with Crippen LogP contribution in [0.2, 0.25) is 0 Å². The van der Waals surface area contributed by atoms with Crippen LogP contribution in [0.25, 0.3) is 0 Å². The Morgan fingerprint density at radius 2 is 1.80 bits per heavy atom. The molecule has 130 valence electrons. The molecule has 0 atom stereocenters. The van der Waals surface area contributed by atoms with Crippen LogP contribution < -0.4 is 14.9 Å². The van der Waals surface area contributed by atoms with Gasteiger partial charge in [0.25, 0.3) is 5.91 Å². The Labute approximate surface area is 144 Å². The van der Waals surface area contributed by atoms with E-state index in [1.807, 2.05) is 19.1 Å². The average Bonchev–Trinajstić information content (AvgIpc) is 2.60. The zero-order valence-electron chi connectivity index (χ0n) is 13.6. The molecule has 0 aliphatic rings. The summed E-state index contributed by atoms with van der Waals surface area (Å²) in [5.74, 6) is -0.441. The number of carbonyl (C=O) groups is 2. The maximum atomic E-state index is 11.7. The summed E-state index contributed by atoms with van der Waals surface area (Å²) < 4.78 is 10.4. The summed E-state index contributed by atoms with van der Waals surface area (Å²) in [5, 5.41) is 12.4. The molecule has 2 aromatic carbocycles. The third-order valence-corrected chi connectivity index (χ3v) is 3.01. The van der Waals surface area contributed by atoms with Crippen LogP contribution in [0, 0.1) is 6.92 Å². The van der Waals surface area contributed by atoms with Crippen molar-refractivity contribution in [2.75, 3.05) is 13.2 Å². The van der Waals surface area contributed by atoms with Crippen molar-refractivity contribution >= 4 is 18.1 Å². The molecule has 0 radical (unpaired) electrons. The van der Waals surface area contributed by atoms with Crippen molar-refractivity contribution < 1.29 is 24.2 Å². The topological polar surface area (TPSA) is 97.2 Å². The highest BCUT2D eigenvalue weighted by molar-refractivity contribution is 5.83. The number of rotatable bonds is 8. The molecule has 0 fully saturated rings. The van der Waals surface area contributed by atoms with Crippen LogP contribution in [0.15, 0.2) is 53.6 Å². The number of hydrogen-bond donors (Lipinski definition) is 2. The van der Waals surface area contributed by atoms with Gasteiger partial charge in [0.15, 0.2) is 13.2 Å². The highest BCUT2D eigenvalue weighted by Gasteiger charge is 2.02. The Morgan fingerprint density at radius 1 is 1.08 bits per heavy atom. The molecule has 0 spiro atoms. The Morgan fingerprint density at radius 3 is 2.52 bits per heavy atom. The average molecular weight is 342 g/mol. The molecule has 2 rings (SSSR count). The van der Waals surface area contributed by atoms with E-state index in [0.29, 0.717) is 17.1 Å². The summed E-state index contributed by atoms with van der Waals surface area (Å²) in [6, 6.07) is 14.0. The van der Waals surface area contributed by atoms with Gasteiger partial charge in [-0.15, -0.1) is 0 Å². The Hall–Kier alpha value is -3.35.